The molecule has 0 radical (unpaired) electrons. The highest BCUT2D eigenvalue weighted by molar-refractivity contribution is 5.98. The number of esters is 1. The molecule has 0 bridgehead atoms. The number of Topliss-reactive ketones (excluding diaryl/α,β-unsaturated/α-hetero) is 1. The standard InChI is InChI=1S/C13H24O3/c1-9(2)7-8-11(14)10(3)12(15)16-13(4,5)6/h9-10H,7-8H2,1-6H3. The van der Waals surface area contributed by atoms with Gasteiger partial charge in [-0.05, 0) is 40.0 Å². The van der Waals surface area contributed by atoms with Gasteiger partial charge >= 0.3 is 5.97 Å². The monoisotopic (exact) mass is 228 g/mol. The average Bonchev–Trinajstić information content (AvgIpc) is 2.10. The molecule has 0 fully saturated rings. The van der Waals surface area contributed by atoms with Crippen LogP contribution >= 0.6 is 0 Å². The smallest absolute Gasteiger partial charge is 0.316 e. The predicted molar refractivity (Wildman–Crippen MR) is 64.1 cm³/mol. The van der Waals surface area contributed by atoms with Crippen molar-refractivity contribution in [3.05, 3.63) is 0 Å². The van der Waals surface area contributed by atoms with E-state index in [1.165, 1.54) is 0 Å². The van der Waals surface area contributed by atoms with Crippen LogP contribution in [0.3, 0.4) is 0 Å². The Morgan fingerprint density at radius 3 is 2.00 bits per heavy atom. The number of carbonyl (C=O) groups is 2. The molecule has 0 aliphatic rings. The van der Waals surface area contributed by atoms with E-state index in [9.17, 15) is 9.59 Å². The molecule has 0 aliphatic heterocycles. The number of ether oxygens (including phenoxy) is 1. The summed E-state index contributed by atoms with van der Waals surface area (Å²) >= 11 is 0. The van der Waals surface area contributed by atoms with Crippen molar-refractivity contribution >= 4 is 11.8 Å². The number of ketones is 1. The third kappa shape index (κ3) is 6.59. The fraction of sp³-hybridized carbons (Fsp3) is 0.846. The molecule has 0 amide bonds. The highest BCUT2D eigenvalue weighted by atomic mass is 16.6. The van der Waals surface area contributed by atoms with Crippen LogP contribution in [-0.2, 0) is 14.3 Å². The van der Waals surface area contributed by atoms with Gasteiger partial charge in [0.25, 0.3) is 0 Å². The Kier molecular flexibility index (Phi) is 5.70. The summed E-state index contributed by atoms with van der Waals surface area (Å²) in [5.41, 5.74) is -0.524. The van der Waals surface area contributed by atoms with Gasteiger partial charge in [0.05, 0.1) is 0 Å². The van der Waals surface area contributed by atoms with Gasteiger partial charge in [0.15, 0.2) is 0 Å². The maximum Gasteiger partial charge on any atom is 0.316 e. The largest absolute Gasteiger partial charge is 0.459 e. The Morgan fingerprint density at radius 1 is 1.12 bits per heavy atom. The van der Waals surface area contributed by atoms with Crippen LogP contribution in [-0.4, -0.2) is 17.4 Å². The van der Waals surface area contributed by atoms with E-state index in [2.05, 4.69) is 13.8 Å². The lowest BCUT2D eigenvalue weighted by Crippen LogP contribution is -2.31. The van der Waals surface area contributed by atoms with Gasteiger partial charge in [0.2, 0.25) is 0 Å². The van der Waals surface area contributed by atoms with Gasteiger partial charge in [0, 0.05) is 6.42 Å². The van der Waals surface area contributed by atoms with Gasteiger partial charge < -0.3 is 4.74 Å². The lowest BCUT2D eigenvalue weighted by molar-refractivity contribution is -0.161. The van der Waals surface area contributed by atoms with E-state index in [4.69, 9.17) is 4.74 Å². The summed E-state index contributed by atoms with van der Waals surface area (Å²) < 4.78 is 5.17. The van der Waals surface area contributed by atoms with Gasteiger partial charge in [-0.1, -0.05) is 13.8 Å². The van der Waals surface area contributed by atoms with E-state index in [1.54, 1.807) is 27.7 Å². The summed E-state index contributed by atoms with van der Waals surface area (Å²) in [6.45, 7) is 11.1. The van der Waals surface area contributed by atoms with Crippen LogP contribution < -0.4 is 0 Å². The molecule has 0 heterocycles. The highest BCUT2D eigenvalue weighted by Crippen LogP contribution is 2.14. The third-order valence-corrected chi connectivity index (χ3v) is 2.21. The van der Waals surface area contributed by atoms with Crippen molar-refractivity contribution in [1.82, 2.24) is 0 Å². The van der Waals surface area contributed by atoms with Crippen molar-refractivity contribution in [3.8, 4) is 0 Å². The van der Waals surface area contributed by atoms with Gasteiger partial charge in [-0.2, -0.15) is 0 Å². The molecule has 1 atom stereocenters. The first kappa shape index (κ1) is 15.1. The first-order valence-corrected chi connectivity index (χ1v) is 5.89. The Hall–Kier alpha value is -0.860. The van der Waals surface area contributed by atoms with Crippen molar-refractivity contribution in [1.29, 1.82) is 0 Å². The molecule has 0 spiro atoms. The van der Waals surface area contributed by atoms with Crippen LogP contribution in [0, 0.1) is 11.8 Å². The maximum absolute atomic E-state index is 11.7. The Morgan fingerprint density at radius 2 is 1.62 bits per heavy atom. The summed E-state index contributed by atoms with van der Waals surface area (Å²) in [6.07, 6.45) is 1.28. The van der Waals surface area contributed by atoms with Crippen molar-refractivity contribution in [2.24, 2.45) is 11.8 Å². The minimum Gasteiger partial charge on any atom is -0.459 e. The van der Waals surface area contributed by atoms with Gasteiger partial charge in [-0.3, -0.25) is 9.59 Å². The van der Waals surface area contributed by atoms with Crippen LogP contribution in [0.1, 0.15) is 54.4 Å². The van der Waals surface area contributed by atoms with Gasteiger partial charge in [-0.15, -0.1) is 0 Å². The van der Waals surface area contributed by atoms with Crippen LogP contribution in [0.25, 0.3) is 0 Å². The van der Waals surface area contributed by atoms with Gasteiger partial charge in [0.1, 0.15) is 17.3 Å². The Bertz CT molecular complexity index is 248. The topological polar surface area (TPSA) is 43.4 Å². The zero-order valence-corrected chi connectivity index (χ0v) is 11.3. The molecule has 1 unspecified atom stereocenters. The SMILES string of the molecule is CC(C)CCC(=O)C(C)C(=O)OC(C)(C)C. The summed E-state index contributed by atoms with van der Waals surface area (Å²) in [4.78, 5) is 23.3. The van der Waals surface area contributed by atoms with E-state index >= 15 is 0 Å². The minimum absolute atomic E-state index is 0.0250. The van der Waals surface area contributed by atoms with Crippen LogP contribution in [0.4, 0.5) is 0 Å². The van der Waals surface area contributed by atoms with E-state index in [1.807, 2.05) is 0 Å². The number of carbonyl (C=O) groups excluding carboxylic acids is 2. The molecule has 0 aromatic carbocycles. The molecular formula is C13H24O3. The second kappa shape index (κ2) is 6.02. The normalized spacial score (nSPS) is 13.7. The first-order chi connectivity index (χ1) is 7.13. The van der Waals surface area contributed by atoms with Gasteiger partial charge in [-0.25, -0.2) is 0 Å². The van der Waals surface area contributed by atoms with Crippen molar-refractivity contribution in [2.75, 3.05) is 0 Å². The van der Waals surface area contributed by atoms with Crippen LogP contribution in [0.15, 0.2) is 0 Å². The molecule has 3 heteroatoms. The summed E-state index contributed by atoms with van der Waals surface area (Å²) in [6, 6.07) is 0. The van der Waals surface area contributed by atoms with Crippen molar-refractivity contribution in [2.45, 2.75) is 60.0 Å². The minimum atomic E-state index is -0.641. The highest BCUT2D eigenvalue weighted by Gasteiger charge is 2.26. The fourth-order valence-corrected chi connectivity index (χ4v) is 1.17. The van der Waals surface area contributed by atoms with Crippen molar-refractivity contribution in [3.63, 3.8) is 0 Å². The first-order valence-electron chi connectivity index (χ1n) is 5.89. The molecule has 0 N–H and O–H groups in total. The molecule has 3 nitrogen and oxygen atoms in total. The molecule has 0 saturated carbocycles. The van der Waals surface area contributed by atoms with E-state index < -0.39 is 17.5 Å². The Balaban J connectivity index is 4.17. The Labute approximate surface area is 98.6 Å². The van der Waals surface area contributed by atoms with E-state index in [0.717, 1.165) is 6.42 Å². The molecule has 94 valence electrons. The summed E-state index contributed by atoms with van der Waals surface area (Å²) in [5.74, 6) is -0.600. The summed E-state index contributed by atoms with van der Waals surface area (Å²) in [5, 5.41) is 0. The zero-order chi connectivity index (χ0) is 12.9. The maximum atomic E-state index is 11.7. The molecule has 0 saturated heterocycles. The zero-order valence-electron chi connectivity index (χ0n) is 11.3. The molecule has 0 rings (SSSR count). The second-order valence-corrected chi connectivity index (χ2v) is 5.65. The fourth-order valence-electron chi connectivity index (χ4n) is 1.17. The average molecular weight is 228 g/mol. The van der Waals surface area contributed by atoms with E-state index in [-0.39, 0.29) is 5.78 Å². The van der Waals surface area contributed by atoms with E-state index in [0.29, 0.717) is 12.3 Å². The van der Waals surface area contributed by atoms with Crippen LogP contribution in [0.2, 0.25) is 0 Å². The second-order valence-electron chi connectivity index (χ2n) is 5.65. The lowest BCUT2D eigenvalue weighted by atomic mass is 9.98. The number of hydrogen-bond acceptors (Lipinski definition) is 3. The quantitative estimate of drug-likeness (QED) is 0.536. The molecular weight excluding hydrogens is 204 g/mol. The third-order valence-electron chi connectivity index (χ3n) is 2.21. The molecule has 16 heavy (non-hydrogen) atoms. The molecule has 0 aromatic rings. The lowest BCUT2D eigenvalue weighted by Gasteiger charge is -2.21. The van der Waals surface area contributed by atoms with Crippen LogP contribution in [0.5, 0.6) is 0 Å². The van der Waals surface area contributed by atoms with Crippen molar-refractivity contribution < 1.29 is 14.3 Å². The molecule has 0 aromatic heterocycles. The number of rotatable bonds is 5. The summed E-state index contributed by atoms with van der Waals surface area (Å²) in [7, 11) is 0. The molecule has 0 aliphatic carbocycles. The predicted octanol–water partition coefficient (Wildman–Crippen LogP) is 2.97. The number of hydrogen-bond donors (Lipinski definition) is 0.